The zero-order valence-corrected chi connectivity index (χ0v) is 3.00. The van der Waals surface area contributed by atoms with Gasteiger partial charge in [-0.25, -0.2) is 0 Å². The van der Waals surface area contributed by atoms with Gasteiger partial charge in [0.25, 0.3) is 0 Å². The molecule has 0 atom stereocenters. The maximum absolute atomic E-state index is 7.33. The Kier molecular flexibility index (Phi) is 0.0954. The van der Waals surface area contributed by atoms with Gasteiger partial charge in [-0.15, -0.1) is 0 Å². The smallest absolute Gasteiger partial charge is 0.0274 e. The van der Waals surface area contributed by atoms with E-state index in [1.165, 1.54) is 0 Å². The van der Waals surface area contributed by atoms with Crippen LogP contribution in [-0.2, 0) is 0 Å². The van der Waals surface area contributed by atoms with Crippen LogP contribution in [0.5, 0.6) is 0 Å². The lowest BCUT2D eigenvalue weighted by molar-refractivity contribution is 1.91. The van der Waals surface area contributed by atoms with Gasteiger partial charge in [-0.2, -0.15) is 0 Å². The van der Waals surface area contributed by atoms with E-state index in [-0.39, 0.29) is 0 Å². The number of hydrogen-bond donors (Lipinski definition) is 0. The topological polar surface area (TPSA) is 0 Å². The highest BCUT2D eigenvalue weighted by Gasteiger charge is 1.71. The van der Waals surface area contributed by atoms with Gasteiger partial charge >= 0.3 is 0 Å². The maximum atomic E-state index is 7.33. The van der Waals surface area contributed by atoms with Crippen LogP contribution in [-0.4, -0.2) is 9.96 Å². The number of rotatable bonds is 0. The number of hydrogen-bond acceptors (Lipinski definition) is 0. The van der Waals surface area contributed by atoms with Crippen molar-refractivity contribution < 1.29 is 12.3 Å². The highest BCUT2D eigenvalue weighted by molar-refractivity contribution is 6.54. The van der Waals surface area contributed by atoms with Crippen LogP contribution in [0.25, 0.3) is 0 Å². The third-order valence-corrected chi connectivity index (χ3v) is 0. The van der Waals surface area contributed by atoms with E-state index >= 15 is 0 Å². The Balaban J connectivity index is 5.54. The Bertz CT molecular complexity index is 169. The Labute approximate surface area is 43.3 Å². The van der Waals surface area contributed by atoms with Gasteiger partial charge in [0.2, 0.25) is 0 Å². The van der Waals surface area contributed by atoms with Crippen molar-refractivity contribution in [2.75, 3.05) is 0 Å². The molecular formula is C3H10Si. The highest BCUT2D eigenvalue weighted by Crippen LogP contribution is 1.68. The van der Waals surface area contributed by atoms with Crippen molar-refractivity contribution in [1.29, 1.82) is 1.23 Å². The molecule has 0 aromatic carbocycles. The maximum Gasteiger partial charge on any atom is 0.0274 e. The van der Waals surface area contributed by atoms with Crippen LogP contribution in [0.15, 0.2) is 0 Å². The molecule has 0 fully saturated rings. The first-order valence-corrected chi connectivity index (χ1v) is 2.25. The molecule has 0 saturated carbocycles. The van der Waals surface area contributed by atoms with Crippen LogP contribution >= 0.6 is 0 Å². The van der Waals surface area contributed by atoms with Gasteiger partial charge in [-0.3, -0.25) is 0 Å². The largest absolute Gasteiger partial charge is 0.0724 e. The molecule has 0 aliphatic rings. The third-order valence-electron chi connectivity index (χ3n) is 0. The summed E-state index contributed by atoms with van der Waals surface area (Å²) in [6, 6.07) is 0. The van der Waals surface area contributed by atoms with Gasteiger partial charge < -0.3 is 0 Å². The second-order valence-electron chi connectivity index (χ2n) is 0.375. The monoisotopic (exact) mass is 84.1 g/mol. The first kappa shape index (κ1) is 0.250. The molecule has 0 saturated heterocycles. The molecule has 0 aliphatic heterocycles. The fraction of sp³-hybridized carbons (Fsp3) is 1.00. The summed E-state index contributed by atoms with van der Waals surface area (Å²) in [5.74, 6) is 0. The van der Waals surface area contributed by atoms with Crippen molar-refractivity contribution >= 4 is 8.73 Å². The van der Waals surface area contributed by atoms with Crippen molar-refractivity contribution in [2.24, 2.45) is 0 Å². The second-order valence-corrected chi connectivity index (χ2v) is 1.12. The molecule has 0 aromatic rings. The first-order chi connectivity index (χ1) is 5.75. The molecule has 0 N–H and O–H groups in total. The minimum atomic E-state index is -5.10. The quantitative estimate of drug-likeness (QED) is 0.386. The van der Waals surface area contributed by atoms with E-state index in [0.717, 1.165) is 0 Å². The van der Waals surface area contributed by atoms with Crippen LogP contribution < -0.4 is 0 Å². The molecule has 26 valence electrons. The van der Waals surface area contributed by atoms with E-state index in [0.29, 0.717) is 0 Å². The van der Waals surface area contributed by atoms with Gasteiger partial charge in [-0.05, 0) is 0 Å². The minimum absolute atomic E-state index is 3.25. The van der Waals surface area contributed by atoms with Crippen molar-refractivity contribution in [3.05, 3.63) is 0 Å². The lowest BCUT2D eigenvalue weighted by Crippen LogP contribution is -1.84. The zero-order chi connectivity index (χ0) is 12.0. The summed E-state index contributed by atoms with van der Waals surface area (Å²) in [4.78, 5) is 0. The van der Waals surface area contributed by atoms with E-state index in [1.54, 1.807) is 0 Å². The molecule has 0 nitrogen and oxygen atoms in total. The molecule has 4 heavy (non-hydrogen) atoms. The average Bonchev–Trinajstić information content (AvgIpc) is 1.77. The predicted molar refractivity (Wildman–Crippen MR) is 24.7 cm³/mol. The molecular weight excluding hydrogens is 64.1 g/mol. The van der Waals surface area contributed by atoms with Crippen LogP contribution in [0.4, 0.5) is 0 Å². The van der Waals surface area contributed by atoms with Crippen molar-refractivity contribution in [3.63, 3.8) is 0 Å². The van der Waals surface area contributed by atoms with Crippen LogP contribution in [0.3, 0.4) is 0 Å². The summed E-state index contributed by atoms with van der Waals surface area (Å²) in [6.45, 7) is -9.74. The van der Waals surface area contributed by atoms with Gasteiger partial charge in [0, 0.05) is 22.3 Å². The van der Waals surface area contributed by atoms with Crippen LogP contribution in [0, 0.1) is 0 Å². The van der Waals surface area contributed by atoms with Crippen LogP contribution in [0.1, 0.15) is 12.3 Å². The van der Waals surface area contributed by atoms with Crippen LogP contribution in [0.2, 0.25) is 19.4 Å². The summed E-state index contributed by atoms with van der Waals surface area (Å²) >= 11 is 0. The standard InChI is InChI=1S/C3H10Si/c1-4(2)3/h4H,1-3H3/i1D3,2D3,3D3,4D. The van der Waals surface area contributed by atoms with E-state index in [2.05, 4.69) is 0 Å². The predicted octanol–water partition coefficient (Wildman–Crippen LogP) is 1.10. The van der Waals surface area contributed by atoms with Gasteiger partial charge in [0.05, 0.1) is 0 Å². The SMILES string of the molecule is [2H]C([2H])([2H])[Si]([2H])(C([2H])([2H])[2H])C([2H])([2H])[2H]. The Morgan fingerprint density at radius 1 is 1.75 bits per heavy atom. The summed E-state index contributed by atoms with van der Waals surface area (Å²) in [6.07, 6.45) is 0. The fourth-order valence-electron chi connectivity index (χ4n) is 0. The normalized spacial score (nSPS) is 58.0. The molecule has 0 bridgehead atoms. The van der Waals surface area contributed by atoms with Gasteiger partial charge in [0.1, 0.15) is 0 Å². The summed E-state index contributed by atoms with van der Waals surface area (Å²) < 4.78 is 69.3. The summed E-state index contributed by atoms with van der Waals surface area (Å²) in [7, 11) is -5.10. The first-order valence-electron chi connectivity index (χ1n) is 5.75. The van der Waals surface area contributed by atoms with Crippen molar-refractivity contribution in [3.8, 4) is 0 Å². The van der Waals surface area contributed by atoms with Gasteiger partial charge in [0.15, 0.2) is 0 Å². The van der Waals surface area contributed by atoms with Crippen molar-refractivity contribution in [2.45, 2.75) is 19.4 Å². The lowest BCUT2D eigenvalue weighted by Gasteiger charge is -1.75. The minimum Gasteiger partial charge on any atom is -0.0724 e. The second kappa shape index (κ2) is 1.53. The molecule has 0 aromatic heterocycles. The average molecular weight is 84.3 g/mol. The zero-order valence-electron chi connectivity index (χ0n) is 12.0. The molecule has 1 heteroatoms. The van der Waals surface area contributed by atoms with E-state index in [4.69, 9.17) is 13.6 Å². The molecule has 0 spiro atoms. The summed E-state index contributed by atoms with van der Waals surface area (Å²) in [5.41, 5.74) is 0. The third kappa shape index (κ3) is 69.8. The Morgan fingerprint density at radius 3 is 2.25 bits per heavy atom. The van der Waals surface area contributed by atoms with Crippen molar-refractivity contribution in [1.82, 2.24) is 0 Å². The van der Waals surface area contributed by atoms with E-state index in [9.17, 15) is 0 Å². The Morgan fingerprint density at radius 2 is 2.25 bits per heavy atom. The molecule has 0 amide bonds. The van der Waals surface area contributed by atoms with E-state index < -0.39 is 28.2 Å². The Hall–Kier alpha value is 0.217. The molecule has 0 radical (unpaired) electrons. The molecule has 0 aliphatic carbocycles. The lowest BCUT2D eigenvalue weighted by atomic mass is 11.8. The highest BCUT2D eigenvalue weighted by atomic mass is 28.3. The fourth-order valence-corrected chi connectivity index (χ4v) is 0. The molecule has 0 rings (SSSR count). The molecule has 0 unspecified atom stereocenters. The molecule has 0 heterocycles. The van der Waals surface area contributed by atoms with Gasteiger partial charge in [-0.1, -0.05) is 19.4 Å². The van der Waals surface area contributed by atoms with E-state index in [1.807, 2.05) is 0 Å². The summed E-state index contributed by atoms with van der Waals surface area (Å²) in [5, 5.41) is 0.